The number of hydrogen-bond donors (Lipinski definition) is 3. The van der Waals surface area contributed by atoms with Crippen LogP contribution in [0.25, 0.3) is 0 Å². The number of aromatic nitrogens is 2. The fraction of sp³-hybridized carbons (Fsp3) is 0.194. The van der Waals surface area contributed by atoms with E-state index in [4.69, 9.17) is 9.47 Å². The number of aliphatic hydroxyl groups is 2. The van der Waals surface area contributed by atoms with Crippen molar-refractivity contribution >= 4 is 11.7 Å². The summed E-state index contributed by atoms with van der Waals surface area (Å²) >= 11 is 0. The van der Waals surface area contributed by atoms with Crippen LogP contribution in [-0.2, 0) is 15.1 Å². The molecule has 45 heavy (non-hydrogen) atoms. The Hall–Kier alpha value is -4.93. The molecule has 1 aromatic heterocycles. The normalized spacial score (nSPS) is 19.7. The molecule has 0 radical (unpaired) electrons. The Morgan fingerprint density at radius 2 is 1.36 bits per heavy atom. The molecule has 1 aliphatic rings. The first-order valence-electron chi connectivity index (χ1n) is 14.7. The lowest BCUT2D eigenvalue weighted by Gasteiger charge is -2.37. The molecule has 4 atom stereocenters. The summed E-state index contributed by atoms with van der Waals surface area (Å²) < 4.78 is 13.9. The van der Waals surface area contributed by atoms with Crippen molar-refractivity contribution in [3.8, 4) is 0 Å². The van der Waals surface area contributed by atoms with Gasteiger partial charge in [0, 0.05) is 11.8 Å². The van der Waals surface area contributed by atoms with E-state index in [9.17, 15) is 19.8 Å². The minimum absolute atomic E-state index is 0.0492. The van der Waals surface area contributed by atoms with Crippen LogP contribution in [-0.4, -0.2) is 50.6 Å². The van der Waals surface area contributed by atoms with Crippen LogP contribution in [0.15, 0.2) is 132 Å². The number of ether oxygens (including phenoxy) is 2. The molecule has 2 heterocycles. The second-order valence-electron chi connectivity index (χ2n) is 11.0. The van der Waals surface area contributed by atoms with Gasteiger partial charge in [-0.05, 0) is 41.8 Å². The van der Waals surface area contributed by atoms with Gasteiger partial charge in [-0.15, -0.1) is 0 Å². The van der Waals surface area contributed by atoms with Gasteiger partial charge in [-0.3, -0.25) is 9.36 Å². The first-order valence-corrected chi connectivity index (χ1v) is 14.7. The lowest BCUT2D eigenvalue weighted by Crippen LogP contribution is -2.39. The Kier molecular flexibility index (Phi) is 8.68. The minimum atomic E-state index is -1.44. The summed E-state index contributed by atoms with van der Waals surface area (Å²) in [6, 6.07) is 37.7. The molecule has 6 rings (SSSR count). The summed E-state index contributed by atoms with van der Waals surface area (Å²) in [5.41, 5.74) is 2.22. The second kappa shape index (κ2) is 13.0. The molecule has 0 spiro atoms. The summed E-state index contributed by atoms with van der Waals surface area (Å²) in [6.45, 7) is 1.81. The summed E-state index contributed by atoms with van der Waals surface area (Å²) in [5.74, 6) is -0.365. The summed E-state index contributed by atoms with van der Waals surface area (Å²) in [7, 11) is 0. The first kappa shape index (κ1) is 30.1. The Balaban J connectivity index is 1.25. The monoisotopic (exact) mass is 603 g/mol. The van der Waals surface area contributed by atoms with Crippen LogP contribution in [0.1, 0.15) is 38.8 Å². The Bertz CT molecular complexity index is 1700. The van der Waals surface area contributed by atoms with E-state index in [1.807, 2.05) is 110 Å². The Morgan fingerprint density at radius 1 is 0.822 bits per heavy atom. The molecule has 1 amide bonds. The maximum Gasteiger partial charge on any atom is 0.351 e. The number of carbonyl (C=O) groups excluding carboxylic acids is 1. The molecule has 0 unspecified atom stereocenters. The van der Waals surface area contributed by atoms with Crippen LogP contribution in [0.2, 0.25) is 0 Å². The summed E-state index contributed by atoms with van der Waals surface area (Å²) in [6.07, 6.45) is -3.64. The molecule has 1 aliphatic heterocycles. The Labute approximate surface area is 260 Å². The fourth-order valence-electron chi connectivity index (χ4n) is 5.64. The molecular formula is C36H33N3O6. The van der Waals surface area contributed by atoms with Crippen molar-refractivity contribution in [2.45, 2.75) is 37.1 Å². The van der Waals surface area contributed by atoms with Crippen molar-refractivity contribution in [3.63, 3.8) is 0 Å². The van der Waals surface area contributed by atoms with Gasteiger partial charge >= 0.3 is 5.69 Å². The number of aryl methyl sites for hydroxylation is 1. The summed E-state index contributed by atoms with van der Waals surface area (Å²) in [5, 5.41) is 24.7. The smallest absolute Gasteiger partial charge is 0.351 e. The topological polar surface area (TPSA) is 123 Å². The van der Waals surface area contributed by atoms with Gasteiger partial charge < -0.3 is 25.0 Å². The molecule has 1 fully saturated rings. The van der Waals surface area contributed by atoms with E-state index in [1.165, 1.54) is 12.3 Å². The first-order chi connectivity index (χ1) is 21.9. The number of carbonyl (C=O) groups is 1. The van der Waals surface area contributed by atoms with Crippen molar-refractivity contribution in [1.82, 2.24) is 9.55 Å². The lowest BCUT2D eigenvalue weighted by atomic mass is 9.80. The van der Waals surface area contributed by atoms with Gasteiger partial charge in [0.05, 0.1) is 6.61 Å². The quantitative estimate of drug-likeness (QED) is 0.213. The molecule has 9 heteroatoms. The van der Waals surface area contributed by atoms with E-state index >= 15 is 0 Å². The van der Waals surface area contributed by atoms with Crippen molar-refractivity contribution < 1.29 is 24.5 Å². The molecule has 228 valence electrons. The maximum absolute atomic E-state index is 13.0. The number of aliphatic hydroxyl groups excluding tert-OH is 2. The number of nitrogens with zero attached hydrogens (tertiary/aromatic N) is 2. The largest absolute Gasteiger partial charge is 0.387 e. The highest BCUT2D eigenvalue weighted by Crippen LogP contribution is 2.41. The van der Waals surface area contributed by atoms with Gasteiger partial charge in [-0.2, -0.15) is 4.98 Å². The van der Waals surface area contributed by atoms with Gasteiger partial charge in [0.2, 0.25) is 0 Å². The highest BCUT2D eigenvalue weighted by Gasteiger charge is 2.46. The third kappa shape index (κ3) is 6.07. The molecule has 1 saturated heterocycles. The number of amides is 1. The molecule has 3 N–H and O–H groups in total. The number of nitrogens with one attached hydrogen (secondary N) is 1. The SMILES string of the molecule is Cc1ccc(C(=O)Nc2ccn([C@@H]3O[C@@H](COC(c4ccccc4)(c4ccccc4)c4ccccc4)[C@@H](O)[C@H]3O)c(=O)n2)cc1. The highest BCUT2D eigenvalue weighted by molar-refractivity contribution is 6.03. The molecule has 0 aliphatic carbocycles. The molecule has 9 nitrogen and oxygen atoms in total. The number of hydrogen-bond acceptors (Lipinski definition) is 7. The zero-order chi connectivity index (χ0) is 31.4. The maximum atomic E-state index is 13.0. The van der Waals surface area contributed by atoms with E-state index in [0.29, 0.717) is 5.56 Å². The molecule has 0 bridgehead atoms. The second-order valence-corrected chi connectivity index (χ2v) is 11.0. The predicted octanol–water partition coefficient (Wildman–Crippen LogP) is 4.43. The standard InChI is InChI=1S/C36H33N3O6/c1-24-17-19-25(20-18-24)33(42)37-30-21-22-39(35(43)38-30)34-32(41)31(40)29(45-34)23-44-36(26-11-5-2-6-12-26,27-13-7-3-8-14-27)28-15-9-4-10-16-28/h2-22,29,31-32,34,40-41H,23H2,1H3,(H,37,38,42,43)/t29-,31+,32+,34+/m0/s1. The minimum Gasteiger partial charge on any atom is -0.387 e. The van der Waals surface area contributed by atoms with E-state index in [1.54, 1.807) is 12.1 Å². The van der Waals surface area contributed by atoms with Gasteiger partial charge in [-0.1, -0.05) is 109 Å². The van der Waals surface area contributed by atoms with Gasteiger partial charge in [0.25, 0.3) is 5.91 Å². The van der Waals surface area contributed by atoms with Crippen LogP contribution in [0.4, 0.5) is 5.82 Å². The molecule has 4 aromatic carbocycles. The molecular weight excluding hydrogens is 570 g/mol. The van der Waals surface area contributed by atoms with Crippen LogP contribution >= 0.6 is 0 Å². The van der Waals surface area contributed by atoms with E-state index < -0.39 is 41.7 Å². The van der Waals surface area contributed by atoms with Gasteiger partial charge in [0.15, 0.2) is 6.23 Å². The van der Waals surface area contributed by atoms with Crippen LogP contribution in [0.3, 0.4) is 0 Å². The van der Waals surface area contributed by atoms with Crippen LogP contribution in [0, 0.1) is 6.92 Å². The van der Waals surface area contributed by atoms with Crippen molar-refractivity contribution in [1.29, 1.82) is 0 Å². The van der Waals surface area contributed by atoms with Crippen molar-refractivity contribution in [2.24, 2.45) is 0 Å². The molecule has 5 aromatic rings. The third-order valence-corrected chi connectivity index (χ3v) is 8.00. The average molecular weight is 604 g/mol. The average Bonchev–Trinajstić information content (AvgIpc) is 3.35. The Morgan fingerprint density at radius 3 is 1.87 bits per heavy atom. The van der Waals surface area contributed by atoms with Gasteiger partial charge in [-0.25, -0.2) is 4.79 Å². The fourth-order valence-corrected chi connectivity index (χ4v) is 5.64. The van der Waals surface area contributed by atoms with E-state index in [2.05, 4.69) is 10.3 Å². The summed E-state index contributed by atoms with van der Waals surface area (Å²) in [4.78, 5) is 29.6. The zero-order valence-corrected chi connectivity index (χ0v) is 24.6. The predicted molar refractivity (Wildman–Crippen MR) is 169 cm³/mol. The van der Waals surface area contributed by atoms with E-state index in [-0.39, 0.29) is 12.4 Å². The highest BCUT2D eigenvalue weighted by atomic mass is 16.6. The zero-order valence-electron chi connectivity index (χ0n) is 24.6. The number of rotatable bonds is 9. The van der Waals surface area contributed by atoms with Crippen LogP contribution < -0.4 is 11.0 Å². The van der Waals surface area contributed by atoms with E-state index in [0.717, 1.165) is 26.8 Å². The molecule has 0 saturated carbocycles. The van der Waals surface area contributed by atoms with Crippen molar-refractivity contribution in [2.75, 3.05) is 11.9 Å². The lowest BCUT2D eigenvalue weighted by molar-refractivity contribution is -0.0958. The third-order valence-electron chi connectivity index (χ3n) is 8.00. The number of benzene rings is 4. The number of anilines is 1. The van der Waals surface area contributed by atoms with Crippen molar-refractivity contribution in [3.05, 3.63) is 166 Å². The van der Waals surface area contributed by atoms with Gasteiger partial charge in [0.1, 0.15) is 29.7 Å². The van der Waals surface area contributed by atoms with Crippen LogP contribution in [0.5, 0.6) is 0 Å².